The summed E-state index contributed by atoms with van der Waals surface area (Å²) in [7, 11) is -3.58. The lowest BCUT2D eigenvalue weighted by atomic mass is 10.2. The molecule has 0 saturated carbocycles. The maximum atomic E-state index is 11.7. The van der Waals surface area contributed by atoms with Crippen molar-refractivity contribution in [1.29, 1.82) is 0 Å². The van der Waals surface area contributed by atoms with Gasteiger partial charge in [-0.2, -0.15) is 0 Å². The van der Waals surface area contributed by atoms with Gasteiger partial charge in [0.1, 0.15) is 4.21 Å². The molecule has 0 amide bonds. The van der Waals surface area contributed by atoms with E-state index < -0.39 is 22.2 Å². The standard InChI is InChI=1S/C8H13ClN2O3S2/c1-5(12)6(10)4-11-16(13,14)8-3-2-7(9)15-8/h2-3,5-6,11-12H,4,10H2,1H3. The van der Waals surface area contributed by atoms with Crippen molar-refractivity contribution in [3.8, 4) is 0 Å². The fourth-order valence-corrected chi connectivity index (χ4v) is 3.49. The molecule has 0 spiro atoms. The lowest BCUT2D eigenvalue weighted by Crippen LogP contribution is -2.43. The number of halogens is 1. The van der Waals surface area contributed by atoms with E-state index in [1.54, 1.807) is 0 Å². The number of rotatable bonds is 5. The van der Waals surface area contributed by atoms with Crippen LogP contribution in [0.3, 0.4) is 0 Å². The highest BCUT2D eigenvalue weighted by molar-refractivity contribution is 7.91. The van der Waals surface area contributed by atoms with Crippen LogP contribution in [0, 0.1) is 0 Å². The summed E-state index contributed by atoms with van der Waals surface area (Å²) in [5, 5.41) is 9.11. The van der Waals surface area contributed by atoms with Gasteiger partial charge in [0, 0.05) is 12.6 Å². The first kappa shape index (κ1) is 13.9. The van der Waals surface area contributed by atoms with Gasteiger partial charge in [-0.05, 0) is 19.1 Å². The topological polar surface area (TPSA) is 92.4 Å². The van der Waals surface area contributed by atoms with Gasteiger partial charge in [0.05, 0.1) is 10.4 Å². The molecule has 0 aromatic carbocycles. The highest BCUT2D eigenvalue weighted by Crippen LogP contribution is 2.25. The van der Waals surface area contributed by atoms with E-state index in [1.807, 2.05) is 0 Å². The largest absolute Gasteiger partial charge is 0.392 e. The normalized spacial score (nSPS) is 16.0. The lowest BCUT2D eigenvalue weighted by Gasteiger charge is -2.14. The number of aliphatic hydroxyl groups excluding tert-OH is 1. The van der Waals surface area contributed by atoms with E-state index in [2.05, 4.69) is 4.72 Å². The Morgan fingerprint density at radius 1 is 1.62 bits per heavy atom. The molecule has 0 aliphatic heterocycles. The predicted molar refractivity (Wildman–Crippen MR) is 64.2 cm³/mol. The van der Waals surface area contributed by atoms with Crippen molar-refractivity contribution in [1.82, 2.24) is 4.72 Å². The average Bonchev–Trinajstić information content (AvgIpc) is 2.61. The van der Waals surface area contributed by atoms with Crippen molar-refractivity contribution in [3.05, 3.63) is 16.5 Å². The summed E-state index contributed by atoms with van der Waals surface area (Å²) in [6, 6.07) is 2.30. The van der Waals surface area contributed by atoms with Crippen LogP contribution in [0.15, 0.2) is 16.3 Å². The Bertz CT molecular complexity index is 444. The van der Waals surface area contributed by atoms with E-state index in [4.69, 9.17) is 22.4 Å². The summed E-state index contributed by atoms with van der Waals surface area (Å²) in [6.45, 7) is 1.48. The molecule has 5 nitrogen and oxygen atoms in total. The molecule has 2 atom stereocenters. The summed E-state index contributed by atoms with van der Waals surface area (Å²) in [5.41, 5.74) is 5.51. The molecule has 0 bridgehead atoms. The molecule has 16 heavy (non-hydrogen) atoms. The van der Waals surface area contributed by atoms with Crippen molar-refractivity contribution in [2.45, 2.75) is 23.3 Å². The van der Waals surface area contributed by atoms with Crippen LogP contribution in [0.25, 0.3) is 0 Å². The monoisotopic (exact) mass is 284 g/mol. The van der Waals surface area contributed by atoms with Gasteiger partial charge in [-0.3, -0.25) is 0 Å². The van der Waals surface area contributed by atoms with E-state index >= 15 is 0 Å². The number of nitrogens with two attached hydrogens (primary N) is 1. The summed E-state index contributed by atoms with van der Waals surface area (Å²) in [5.74, 6) is 0. The fourth-order valence-electron chi connectivity index (χ4n) is 0.890. The Labute approximate surface area is 103 Å². The number of hydrogen-bond acceptors (Lipinski definition) is 5. The van der Waals surface area contributed by atoms with Crippen LogP contribution in [0.2, 0.25) is 4.34 Å². The molecule has 1 aromatic heterocycles. The predicted octanol–water partition coefficient (Wildman–Crippen LogP) is 0.388. The van der Waals surface area contributed by atoms with Crippen LogP contribution in [-0.4, -0.2) is 32.2 Å². The molecular weight excluding hydrogens is 272 g/mol. The molecule has 1 rings (SSSR count). The third-order valence-electron chi connectivity index (χ3n) is 1.94. The minimum atomic E-state index is -3.58. The number of aliphatic hydroxyl groups is 1. The maximum Gasteiger partial charge on any atom is 0.250 e. The SMILES string of the molecule is CC(O)C(N)CNS(=O)(=O)c1ccc(Cl)s1. The highest BCUT2D eigenvalue weighted by Gasteiger charge is 2.18. The molecule has 4 N–H and O–H groups in total. The van der Waals surface area contributed by atoms with Gasteiger partial charge in [-0.1, -0.05) is 11.6 Å². The smallest absolute Gasteiger partial charge is 0.250 e. The third kappa shape index (κ3) is 3.69. The minimum Gasteiger partial charge on any atom is -0.392 e. The van der Waals surface area contributed by atoms with Gasteiger partial charge in [-0.15, -0.1) is 11.3 Å². The van der Waals surface area contributed by atoms with Crippen molar-refractivity contribution in [2.24, 2.45) is 5.73 Å². The zero-order chi connectivity index (χ0) is 12.3. The van der Waals surface area contributed by atoms with Crippen LogP contribution in [0.5, 0.6) is 0 Å². The van der Waals surface area contributed by atoms with E-state index in [1.165, 1.54) is 19.1 Å². The average molecular weight is 285 g/mol. The number of thiophene rings is 1. The Balaban J connectivity index is 2.67. The van der Waals surface area contributed by atoms with Crippen molar-refractivity contribution >= 4 is 33.0 Å². The first-order chi connectivity index (χ1) is 7.33. The first-order valence-electron chi connectivity index (χ1n) is 4.51. The van der Waals surface area contributed by atoms with Crippen LogP contribution in [-0.2, 0) is 10.0 Å². The van der Waals surface area contributed by atoms with Crippen molar-refractivity contribution in [3.63, 3.8) is 0 Å². The van der Waals surface area contributed by atoms with Gasteiger partial charge in [0.25, 0.3) is 0 Å². The van der Waals surface area contributed by atoms with Crippen LogP contribution in [0.4, 0.5) is 0 Å². The number of nitrogens with one attached hydrogen (secondary N) is 1. The Kier molecular flexibility index (Phi) is 4.72. The fraction of sp³-hybridized carbons (Fsp3) is 0.500. The summed E-state index contributed by atoms with van der Waals surface area (Å²) >= 11 is 6.61. The molecule has 0 aliphatic rings. The van der Waals surface area contributed by atoms with Crippen molar-refractivity contribution in [2.75, 3.05) is 6.54 Å². The zero-order valence-electron chi connectivity index (χ0n) is 8.55. The van der Waals surface area contributed by atoms with Crippen molar-refractivity contribution < 1.29 is 13.5 Å². The number of hydrogen-bond donors (Lipinski definition) is 3. The zero-order valence-corrected chi connectivity index (χ0v) is 10.9. The van der Waals surface area contributed by atoms with E-state index in [-0.39, 0.29) is 10.8 Å². The second-order valence-electron chi connectivity index (χ2n) is 3.31. The number of sulfonamides is 1. The van der Waals surface area contributed by atoms with Gasteiger partial charge < -0.3 is 10.8 Å². The Morgan fingerprint density at radius 3 is 2.69 bits per heavy atom. The molecule has 1 heterocycles. The van der Waals surface area contributed by atoms with E-state index in [9.17, 15) is 8.42 Å². The molecule has 0 radical (unpaired) electrons. The summed E-state index contributed by atoms with van der Waals surface area (Å²) in [4.78, 5) is 0. The quantitative estimate of drug-likeness (QED) is 0.729. The molecule has 0 fully saturated rings. The third-order valence-corrected chi connectivity index (χ3v) is 5.09. The van der Waals surface area contributed by atoms with E-state index in [0.717, 1.165) is 11.3 Å². The van der Waals surface area contributed by atoms with Gasteiger partial charge in [0.15, 0.2) is 0 Å². The second-order valence-corrected chi connectivity index (χ2v) is 7.02. The molecule has 0 aliphatic carbocycles. The summed E-state index contributed by atoms with van der Waals surface area (Å²) in [6.07, 6.45) is -0.769. The summed E-state index contributed by atoms with van der Waals surface area (Å²) < 4.78 is 26.2. The minimum absolute atomic E-state index is 0.0183. The molecule has 8 heteroatoms. The first-order valence-corrected chi connectivity index (χ1v) is 7.19. The second kappa shape index (κ2) is 5.44. The van der Waals surface area contributed by atoms with Gasteiger partial charge >= 0.3 is 0 Å². The maximum absolute atomic E-state index is 11.7. The van der Waals surface area contributed by atoms with Crippen LogP contribution >= 0.6 is 22.9 Å². The Hall–Kier alpha value is -0.180. The van der Waals surface area contributed by atoms with Crippen LogP contribution < -0.4 is 10.5 Å². The van der Waals surface area contributed by atoms with Gasteiger partial charge in [0.2, 0.25) is 10.0 Å². The Morgan fingerprint density at radius 2 is 2.25 bits per heavy atom. The van der Waals surface area contributed by atoms with Crippen LogP contribution in [0.1, 0.15) is 6.92 Å². The van der Waals surface area contributed by atoms with Gasteiger partial charge in [-0.25, -0.2) is 13.1 Å². The molecule has 92 valence electrons. The molecule has 2 unspecified atom stereocenters. The molecular formula is C8H13ClN2O3S2. The van der Waals surface area contributed by atoms with E-state index in [0.29, 0.717) is 4.34 Å². The molecule has 0 saturated heterocycles. The lowest BCUT2D eigenvalue weighted by molar-refractivity contribution is 0.164. The molecule has 1 aromatic rings. The highest BCUT2D eigenvalue weighted by atomic mass is 35.5.